The van der Waals surface area contributed by atoms with Crippen molar-refractivity contribution in [2.24, 2.45) is 0 Å². The Balaban J connectivity index is 1.85. The van der Waals surface area contributed by atoms with E-state index in [9.17, 15) is 13.2 Å². The number of carbonyl (C=O) groups is 1. The van der Waals surface area contributed by atoms with Crippen LogP contribution in [-0.4, -0.2) is 30.5 Å². The zero-order chi connectivity index (χ0) is 16.4. The van der Waals surface area contributed by atoms with E-state index in [0.717, 1.165) is 5.56 Å². The Labute approximate surface area is 136 Å². The Morgan fingerprint density at radius 1 is 1.00 bits per heavy atom. The van der Waals surface area contributed by atoms with Gasteiger partial charge in [-0.05, 0) is 31.0 Å². The Morgan fingerprint density at radius 3 is 2.17 bits per heavy atom. The van der Waals surface area contributed by atoms with E-state index in [-0.39, 0.29) is 16.8 Å². The van der Waals surface area contributed by atoms with Crippen molar-refractivity contribution in [1.29, 1.82) is 0 Å². The molecule has 2 aromatic rings. The molecule has 2 atom stereocenters. The molecular weight excluding hydrogens is 310 g/mol. The molecule has 1 fully saturated rings. The van der Waals surface area contributed by atoms with E-state index in [1.54, 1.807) is 35.2 Å². The fourth-order valence-electron chi connectivity index (χ4n) is 2.99. The van der Waals surface area contributed by atoms with E-state index in [4.69, 9.17) is 0 Å². The number of carbonyl (C=O) groups excluding carboxylic acids is 1. The van der Waals surface area contributed by atoms with Crippen LogP contribution in [0.4, 0.5) is 0 Å². The third kappa shape index (κ3) is 3.01. The van der Waals surface area contributed by atoms with E-state index in [0.29, 0.717) is 13.0 Å². The summed E-state index contributed by atoms with van der Waals surface area (Å²) in [5.74, 6) is -0.301. The molecule has 4 nitrogen and oxygen atoms in total. The normalized spacial score (nSPS) is 21.6. The number of hydrogen-bond acceptors (Lipinski definition) is 3. The molecule has 23 heavy (non-hydrogen) atoms. The number of sulfone groups is 1. The van der Waals surface area contributed by atoms with E-state index < -0.39 is 15.1 Å². The van der Waals surface area contributed by atoms with Gasteiger partial charge in [0.05, 0.1) is 4.90 Å². The summed E-state index contributed by atoms with van der Waals surface area (Å²) in [5.41, 5.74) is 1.01. The number of hydrogen-bond donors (Lipinski definition) is 0. The van der Waals surface area contributed by atoms with Crippen molar-refractivity contribution < 1.29 is 13.2 Å². The topological polar surface area (TPSA) is 54.5 Å². The summed E-state index contributed by atoms with van der Waals surface area (Å²) in [5, 5.41) is -0.983. The lowest BCUT2D eigenvalue weighted by atomic mass is 10.2. The predicted molar refractivity (Wildman–Crippen MR) is 88.5 cm³/mol. The zero-order valence-electron chi connectivity index (χ0n) is 12.9. The van der Waals surface area contributed by atoms with Crippen LogP contribution < -0.4 is 0 Å². The highest BCUT2D eigenvalue weighted by Gasteiger charge is 2.45. The Morgan fingerprint density at radius 2 is 1.57 bits per heavy atom. The quantitative estimate of drug-likeness (QED) is 0.866. The van der Waals surface area contributed by atoms with Crippen molar-refractivity contribution in [2.45, 2.75) is 36.1 Å². The van der Waals surface area contributed by atoms with Crippen molar-refractivity contribution in [3.63, 3.8) is 0 Å². The van der Waals surface area contributed by atoms with Gasteiger partial charge in [0, 0.05) is 12.6 Å². The van der Waals surface area contributed by atoms with Crippen molar-refractivity contribution in [3.8, 4) is 0 Å². The highest BCUT2D eigenvalue weighted by Crippen LogP contribution is 2.30. The predicted octanol–water partition coefficient (Wildman–Crippen LogP) is 2.65. The number of rotatable bonds is 4. The van der Waals surface area contributed by atoms with Gasteiger partial charge in [0.25, 0.3) is 0 Å². The van der Waals surface area contributed by atoms with Crippen LogP contribution in [0.5, 0.6) is 0 Å². The first-order valence-electron chi connectivity index (χ1n) is 7.63. The maximum absolute atomic E-state index is 12.7. The monoisotopic (exact) mass is 329 g/mol. The molecule has 2 unspecified atom stereocenters. The first-order chi connectivity index (χ1) is 11.0. The molecule has 2 aromatic carbocycles. The number of likely N-dealkylation sites (tertiary alicyclic amines) is 1. The van der Waals surface area contributed by atoms with Gasteiger partial charge in [0.1, 0.15) is 5.25 Å². The van der Waals surface area contributed by atoms with Crippen LogP contribution in [-0.2, 0) is 21.2 Å². The molecule has 0 spiro atoms. The molecule has 1 saturated heterocycles. The van der Waals surface area contributed by atoms with Crippen LogP contribution >= 0.6 is 0 Å². The Hall–Kier alpha value is -2.14. The van der Waals surface area contributed by atoms with Gasteiger partial charge in [-0.3, -0.25) is 4.79 Å². The van der Waals surface area contributed by atoms with Gasteiger partial charge in [-0.25, -0.2) is 8.42 Å². The highest BCUT2D eigenvalue weighted by atomic mass is 32.2. The molecule has 1 heterocycles. The van der Waals surface area contributed by atoms with Crippen molar-refractivity contribution >= 4 is 15.7 Å². The molecule has 120 valence electrons. The van der Waals surface area contributed by atoms with Gasteiger partial charge in [0.2, 0.25) is 5.91 Å². The molecule has 0 bridgehead atoms. The summed E-state index contributed by atoms with van der Waals surface area (Å²) in [4.78, 5) is 14.6. The smallest absolute Gasteiger partial charge is 0.241 e. The van der Waals surface area contributed by atoms with Gasteiger partial charge < -0.3 is 4.90 Å². The standard InChI is InChI=1S/C18H19NO3S/c1-14-12-17(23(21,22)16-10-6-3-7-11-16)18(20)19(14)13-15-8-4-2-5-9-15/h2-11,14,17H,12-13H2,1H3. The van der Waals surface area contributed by atoms with Crippen LogP contribution in [0.15, 0.2) is 65.6 Å². The lowest BCUT2D eigenvalue weighted by molar-refractivity contribution is -0.129. The molecule has 0 N–H and O–H groups in total. The van der Waals surface area contributed by atoms with E-state index in [1.807, 2.05) is 37.3 Å². The number of benzene rings is 2. The van der Waals surface area contributed by atoms with Gasteiger partial charge in [-0.1, -0.05) is 48.5 Å². The summed E-state index contributed by atoms with van der Waals surface area (Å²) in [6, 6.07) is 17.8. The Bertz CT molecular complexity index is 788. The van der Waals surface area contributed by atoms with Gasteiger partial charge >= 0.3 is 0 Å². The lowest BCUT2D eigenvalue weighted by Gasteiger charge is -2.21. The lowest BCUT2D eigenvalue weighted by Crippen LogP contribution is -2.35. The fraction of sp³-hybridized carbons (Fsp3) is 0.278. The molecule has 0 saturated carbocycles. The van der Waals surface area contributed by atoms with Crippen molar-refractivity contribution in [3.05, 3.63) is 66.2 Å². The van der Waals surface area contributed by atoms with Crippen molar-refractivity contribution in [1.82, 2.24) is 4.90 Å². The minimum Gasteiger partial charge on any atom is -0.334 e. The first kappa shape index (κ1) is 15.7. The van der Waals surface area contributed by atoms with Gasteiger partial charge in [-0.2, -0.15) is 0 Å². The summed E-state index contributed by atoms with van der Waals surface area (Å²) < 4.78 is 25.5. The van der Waals surface area contributed by atoms with Crippen LogP contribution in [0.3, 0.4) is 0 Å². The fourth-order valence-corrected chi connectivity index (χ4v) is 4.79. The third-order valence-corrected chi connectivity index (χ3v) is 6.36. The average molecular weight is 329 g/mol. The van der Waals surface area contributed by atoms with Crippen LogP contribution in [0.2, 0.25) is 0 Å². The molecule has 1 amide bonds. The minimum absolute atomic E-state index is 0.0915. The summed E-state index contributed by atoms with van der Waals surface area (Å²) in [7, 11) is -3.64. The Kier molecular flexibility index (Phi) is 4.22. The van der Waals surface area contributed by atoms with Crippen molar-refractivity contribution in [2.75, 3.05) is 0 Å². The zero-order valence-corrected chi connectivity index (χ0v) is 13.7. The molecular formula is C18H19NO3S. The van der Waals surface area contributed by atoms with Gasteiger partial charge in [0.15, 0.2) is 9.84 Å². The summed E-state index contributed by atoms with van der Waals surface area (Å²) in [6.07, 6.45) is 0.336. The summed E-state index contributed by atoms with van der Waals surface area (Å²) >= 11 is 0. The van der Waals surface area contributed by atoms with E-state index >= 15 is 0 Å². The highest BCUT2D eigenvalue weighted by molar-refractivity contribution is 7.92. The molecule has 0 aliphatic carbocycles. The second kappa shape index (κ2) is 6.16. The SMILES string of the molecule is CC1CC(S(=O)(=O)c2ccccc2)C(=O)N1Cc1ccccc1. The maximum atomic E-state index is 12.7. The average Bonchev–Trinajstić information content (AvgIpc) is 2.85. The van der Waals surface area contributed by atoms with Crippen LogP contribution in [0, 0.1) is 0 Å². The molecule has 3 rings (SSSR count). The maximum Gasteiger partial charge on any atom is 0.241 e. The molecule has 0 radical (unpaired) electrons. The largest absolute Gasteiger partial charge is 0.334 e. The van der Waals surface area contributed by atoms with Crippen LogP contribution in [0.25, 0.3) is 0 Å². The molecule has 0 aromatic heterocycles. The molecule has 1 aliphatic rings. The summed E-state index contributed by atoms with van der Waals surface area (Å²) in [6.45, 7) is 2.35. The minimum atomic E-state index is -3.64. The van der Waals surface area contributed by atoms with Gasteiger partial charge in [-0.15, -0.1) is 0 Å². The van der Waals surface area contributed by atoms with Crippen LogP contribution in [0.1, 0.15) is 18.9 Å². The first-order valence-corrected chi connectivity index (χ1v) is 9.18. The third-order valence-electron chi connectivity index (χ3n) is 4.29. The molecule has 1 aliphatic heterocycles. The van der Waals surface area contributed by atoms with E-state index in [2.05, 4.69) is 0 Å². The van der Waals surface area contributed by atoms with E-state index in [1.165, 1.54) is 0 Å². The number of nitrogens with zero attached hydrogens (tertiary/aromatic N) is 1. The molecule has 5 heteroatoms. The second-order valence-electron chi connectivity index (χ2n) is 5.88. The second-order valence-corrected chi connectivity index (χ2v) is 8.01. The number of amides is 1.